The fourth-order valence-electron chi connectivity index (χ4n) is 3.02. The first-order chi connectivity index (χ1) is 10.1. The lowest BCUT2D eigenvalue weighted by Crippen LogP contribution is -2.22. The van der Waals surface area contributed by atoms with Gasteiger partial charge in [0.2, 0.25) is 0 Å². The lowest BCUT2D eigenvalue weighted by atomic mass is 9.99. The first kappa shape index (κ1) is 18.2. The van der Waals surface area contributed by atoms with Gasteiger partial charge in [0.15, 0.2) is 0 Å². The van der Waals surface area contributed by atoms with E-state index in [-0.39, 0.29) is 0 Å². The Kier molecular flexibility index (Phi) is 7.97. The van der Waals surface area contributed by atoms with Gasteiger partial charge in [-0.25, -0.2) is 0 Å². The predicted molar refractivity (Wildman–Crippen MR) is 88.9 cm³/mol. The van der Waals surface area contributed by atoms with Crippen LogP contribution in [0.1, 0.15) is 76.5 Å². The largest absolute Gasteiger partial charge is 0.385 e. The lowest BCUT2D eigenvalue weighted by molar-refractivity contribution is 0.178. The Labute approximate surface area is 130 Å². The minimum absolute atomic E-state index is 0.387. The maximum absolute atomic E-state index is 5.22. The Hall–Kier alpha value is -0.870. The molecule has 0 aliphatic carbocycles. The fraction of sp³-hybridized carbons (Fsp3) is 0.824. The van der Waals surface area contributed by atoms with Crippen molar-refractivity contribution in [2.75, 3.05) is 20.3 Å². The third-order valence-corrected chi connectivity index (χ3v) is 4.16. The van der Waals surface area contributed by atoms with Gasteiger partial charge < -0.3 is 10.1 Å². The topological polar surface area (TPSA) is 39.1 Å². The van der Waals surface area contributed by atoms with E-state index in [2.05, 4.69) is 44.6 Å². The number of nitrogens with one attached hydrogen (secondary N) is 1. The van der Waals surface area contributed by atoms with Crippen LogP contribution in [0.25, 0.3) is 0 Å². The van der Waals surface area contributed by atoms with Crippen molar-refractivity contribution < 1.29 is 4.74 Å². The highest BCUT2D eigenvalue weighted by molar-refractivity contribution is 5.31. The average Bonchev–Trinajstić information content (AvgIpc) is 2.88. The van der Waals surface area contributed by atoms with Gasteiger partial charge in [-0.1, -0.05) is 27.7 Å². The molecule has 0 fully saturated rings. The maximum Gasteiger partial charge on any atom is 0.0672 e. The van der Waals surface area contributed by atoms with Crippen LogP contribution in [0.3, 0.4) is 0 Å². The number of aryl methyl sites for hydroxylation is 1. The molecular weight excluding hydrogens is 262 g/mol. The van der Waals surface area contributed by atoms with Crippen molar-refractivity contribution in [3.8, 4) is 0 Å². The minimum atomic E-state index is 0.387. The van der Waals surface area contributed by atoms with Gasteiger partial charge in [0.25, 0.3) is 0 Å². The van der Waals surface area contributed by atoms with Crippen LogP contribution >= 0.6 is 0 Å². The minimum Gasteiger partial charge on any atom is -0.385 e. The first-order valence-electron chi connectivity index (χ1n) is 8.46. The van der Waals surface area contributed by atoms with Crippen LogP contribution < -0.4 is 5.32 Å². The molecule has 2 atom stereocenters. The van der Waals surface area contributed by atoms with Gasteiger partial charge in [-0.3, -0.25) is 4.68 Å². The molecule has 0 radical (unpaired) electrons. The summed E-state index contributed by atoms with van der Waals surface area (Å²) in [6.07, 6.45) is 4.13. The molecule has 0 saturated carbocycles. The number of rotatable bonds is 10. The van der Waals surface area contributed by atoms with Crippen LogP contribution in [-0.4, -0.2) is 30.0 Å². The number of hydrogen-bond donors (Lipinski definition) is 1. The van der Waals surface area contributed by atoms with Gasteiger partial charge in [0.05, 0.1) is 11.7 Å². The fourth-order valence-corrected chi connectivity index (χ4v) is 3.02. The molecule has 1 heterocycles. The number of nitrogens with zero attached hydrogens (tertiary/aromatic N) is 2. The van der Waals surface area contributed by atoms with Gasteiger partial charge in [0, 0.05) is 31.0 Å². The highest BCUT2D eigenvalue weighted by Gasteiger charge is 2.23. The molecule has 0 aliphatic rings. The molecule has 1 aromatic heterocycles. The van der Waals surface area contributed by atoms with Crippen molar-refractivity contribution >= 4 is 0 Å². The average molecular weight is 295 g/mol. The zero-order valence-corrected chi connectivity index (χ0v) is 14.7. The molecule has 4 nitrogen and oxygen atoms in total. The van der Waals surface area contributed by atoms with Gasteiger partial charge in [-0.05, 0) is 39.2 Å². The van der Waals surface area contributed by atoms with Crippen LogP contribution in [0.15, 0.2) is 0 Å². The van der Waals surface area contributed by atoms with Crippen LogP contribution in [-0.2, 0) is 17.6 Å². The number of ether oxygens (including phenoxy) is 1. The summed E-state index contributed by atoms with van der Waals surface area (Å²) in [6, 6.07) is 0.807. The Morgan fingerprint density at radius 3 is 2.38 bits per heavy atom. The zero-order chi connectivity index (χ0) is 15.8. The van der Waals surface area contributed by atoms with Gasteiger partial charge in [-0.15, -0.1) is 0 Å². The molecule has 122 valence electrons. The van der Waals surface area contributed by atoms with E-state index in [1.807, 2.05) is 0 Å². The highest BCUT2D eigenvalue weighted by Crippen LogP contribution is 2.28. The molecule has 0 amide bonds. The molecule has 21 heavy (non-hydrogen) atoms. The summed E-state index contributed by atoms with van der Waals surface area (Å²) >= 11 is 0. The third kappa shape index (κ3) is 4.30. The molecule has 0 bridgehead atoms. The van der Waals surface area contributed by atoms with Crippen LogP contribution in [0.2, 0.25) is 0 Å². The second-order valence-electron chi connectivity index (χ2n) is 5.61. The summed E-state index contributed by atoms with van der Waals surface area (Å²) in [7, 11) is 1.76. The number of aromatic nitrogens is 2. The maximum atomic E-state index is 5.22. The summed E-state index contributed by atoms with van der Waals surface area (Å²) in [6.45, 7) is 12.9. The van der Waals surface area contributed by atoms with E-state index in [1.165, 1.54) is 17.0 Å². The van der Waals surface area contributed by atoms with Crippen LogP contribution in [0.4, 0.5) is 0 Å². The van der Waals surface area contributed by atoms with E-state index in [0.717, 1.165) is 38.8 Å². The summed E-state index contributed by atoms with van der Waals surface area (Å²) in [5, 5.41) is 8.54. The normalized spacial score (nSPS) is 14.4. The quantitative estimate of drug-likeness (QED) is 0.716. The molecule has 4 heteroatoms. The van der Waals surface area contributed by atoms with Crippen molar-refractivity contribution in [1.82, 2.24) is 15.1 Å². The Bertz CT molecular complexity index is 414. The van der Waals surface area contributed by atoms with E-state index in [0.29, 0.717) is 12.1 Å². The third-order valence-electron chi connectivity index (χ3n) is 4.16. The second-order valence-corrected chi connectivity index (χ2v) is 5.61. The molecule has 1 N–H and O–H groups in total. The van der Waals surface area contributed by atoms with Gasteiger partial charge >= 0.3 is 0 Å². The molecule has 1 aromatic rings. The Morgan fingerprint density at radius 2 is 1.90 bits per heavy atom. The molecule has 0 aromatic carbocycles. The smallest absolute Gasteiger partial charge is 0.0672 e. The Morgan fingerprint density at radius 1 is 1.19 bits per heavy atom. The van der Waals surface area contributed by atoms with Crippen LogP contribution in [0, 0.1) is 0 Å². The Balaban J connectivity index is 3.19. The molecule has 0 spiro atoms. The standard InChI is InChI=1S/C17H33N3O/c1-7-14(18-10-4)17-15(8-2)19-20(16(17)9-3)13(5)11-12-21-6/h13-14,18H,7-12H2,1-6H3. The van der Waals surface area contributed by atoms with Crippen molar-refractivity contribution in [3.63, 3.8) is 0 Å². The van der Waals surface area contributed by atoms with E-state index in [9.17, 15) is 0 Å². The predicted octanol–water partition coefficient (Wildman–Crippen LogP) is 3.67. The lowest BCUT2D eigenvalue weighted by Gasteiger charge is -2.20. The van der Waals surface area contributed by atoms with Crippen molar-refractivity contribution in [2.24, 2.45) is 0 Å². The summed E-state index contributed by atoms with van der Waals surface area (Å²) < 4.78 is 7.47. The zero-order valence-electron chi connectivity index (χ0n) is 14.7. The van der Waals surface area contributed by atoms with E-state index in [4.69, 9.17) is 9.84 Å². The van der Waals surface area contributed by atoms with Crippen molar-refractivity contribution in [2.45, 2.75) is 72.4 Å². The highest BCUT2D eigenvalue weighted by atomic mass is 16.5. The van der Waals surface area contributed by atoms with Crippen LogP contribution in [0.5, 0.6) is 0 Å². The van der Waals surface area contributed by atoms with E-state index >= 15 is 0 Å². The second kappa shape index (κ2) is 9.21. The molecular formula is C17H33N3O. The summed E-state index contributed by atoms with van der Waals surface area (Å²) in [5.74, 6) is 0. The molecule has 0 aliphatic heterocycles. The first-order valence-corrected chi connectivity index (χ1v) is 8.46. The van der Waals surface area contributed by atoms with Gasteiger partial charge in [-0.2, -0.15) is 5.10 Å². The molecule has 0 saturated heterocycles. The number of methoxy groups -OCH3 is 1. The monoisotopic (exact) mass is 295 g/mol. The van der Waals surface area contributed by atoms with E-state index < -0.39 is 0 Å². The molecule has 1 rings (SSSR count). The van der Waals surface area contributed by atoms with Crippen molar-refractivity contribution in [3.05, 3.63) is 17.0 Å². The van der Waals surface area contributed by atoms with Crippen molar-refractivity contribution in [1.29, 1.82) is 0 Å². The summed E-state index contributed by atoms with van der Waals surface area (Å²) in [4.78, 5) is 0. The van der Waals surface area contributed by atoms with Gasteiger partial charge in [0.1, 0.15) is 0 Å². The summed E-state index contributed by atoms with van der Waals surface area (Å²) in [5.41, 5.74) is 4.08. The van der Waals surface area contributed by atoms with E-state index in [1.54, 1.807) is 7.11 Å². The molecule has 2 unspecified atom stereocenters. The number of hydrogen-bond acceptors (Lipinski definition) is 3. The SMILES string of the molecule is CCNC(CC)c1c(CC)nn(C(C)CCOC)c1CC.